The zero-order valence-electron chi connectivity index (χ0n) is 10.8. The number of nitrogens with zero attached hydrogens (tertiary/aromatic N) is 2. The van der Waals surface area contributed by atoms with Crippen LogP contribution in [0.4, 0.5) is 0 Å². The summed E-state index contributed by atoms with van der Waals surface area (Å²) in [6, 6.07) is 16.1. The van der Waals surface area contributed by atoms with Crippen LogP contribution in [-0.2, 0) is 0 Å². The molecule has 0 bridgehead atoms. The maximum absolute atomic E-state index is 4.36. The highest BCUT2D eigenvalue weighted by Gasteiger charge is 1.90. The van der Waals surface area contributed by atoms with Crippen molar-refractivity contribution in [3.63, 3.8) is 0 Å². The Bertz CT molecular complexity index is 566. The zero-order valence-corrected chi connectivity index (χ0v) is 14.0. The van der Waals surface area contributed by atoms with E-state index in [-0.39, 0.29) is 0 Å². The fraction of sp³-hybridized carbons (Fsp3) is 0.125. The second-order valence-electron chi connectivity index (χ2n) is 4.18. The van der Waals surface area contributed by atoms with Gasteiger partial charge in [-0.2, -0.15) is 0 Å². The predicted octanol–water partition coefficient (Wildman–Crippen LogP) is 4.75. The lowest BCUT2D eigenvalue weighted by molar-refractivity contribution is 0.985. The molecule has 0 spiro atoms. The largest absolute Gasteiger partial charge is 0.291 e. The monoisotopic (exact) mass is 392 g/mol. The maximum atomic E-state index is 4.36. The van der Waals surface area contributed by atoms with Gasteiger partial charge in [-0.15, -0.1) is 0 Å². The predicted molar refractivity (Wildman–Crippen MR) is 93.2 cm³/mol. The van der Waals surface area contributed by atoms with Crippen LogP contribution in [0.25, 0.3) is 0 Å². The summed E-state index contributed by atoms with van der Waals surface area (Å²) in [5.74, 6) is 0. The zero-order chi connectivity index (χ0) is 14.2. The SMILES string of the molecule is Brc1cccc(C=NCCN=Cc2cccc(Br)c2)c1. The van der Waals surface area contributed by atoms with E-state index >= 15 is 0 Å². The highest BCUT2D eigenvalue weighted by atomic mass is 79.9. The van der Waals surface area contributed by atoms with Gasteiger partial charge >= 0.3 is 0 Å². The molecule has 0 radical (unpaired) electrons. The van der Waals surface area contributed by atoms with Crippen molar-refractivity contribution in [2.24, 2.45) is 9.98 Å². The molecule has 0 aromatic heterocycles. The molecule has 0 N–H and O–H groups in total. The molecule has 0 unspecified atom stereocenters. The Morgan fingerprint density at radius 1 is 0.750 bits per heavy atom. The van der Waals surface area contributed by atoms with E-state index in [9.17, 15) is 0 Å². The van der Waals surface area contributed by atoms with Gasteiger partial charge in [-0.1, -0.05) is 56.1 Å². The van der Waals surface area contributed by atoms with Crippen molar-refractivity contribution in [1.29, 1.82) is 0 Å². The molecule has 4 heteroatoms. The van der Waals surface area contributed by atoms with E-state index in [1.54, 1.807) is 0 Å². The van der Waals surface area contributed by atoms with Crippen LogP contribution in [-0.4, -0.2) is 25.5 Å². The molecule has 0 aliphatic rings. The number of halogens is 2. The minimum atomic E-state index is 0.691. The smallest absolute Gasteiger partial charge is 0.0585 e. The first-order chi connectivity index (χ1) is 9.74. The van der Waals surface area contributed by atoms with Gasteiger partial charge in [0.05, 0.1) is 13.1 Å². The van der Waals surface area contributed by atoms with Gasteiger partial charge in [0.1, 0.15) is 0 Å². The molecular weight excluding hydrogens is 380 g/mol. The molecule has 0 fully saturated rings. The van der Waals surface area contributed by atoms with Gasteiger partial charge in [0.25, 0.3) is 0 Å². The van der Waals surface area contributed by atoms with E-state index in [1.165, 1.54) is 0 Å². The molecule has 0 aliphatic carbocycles. The van der Waals surface area contributed by atoms with Crippen LogP contribution in [0.15, 0.2) is 67.5 Å². The lowest BCUT2D eigenvalue weighted by Gasteiger charge is -1.95. The first-order valence-electron chi connectivity index (χ1n) is 6.25. The van der Waals surface area contributed by atoms with Crippen LogP contribution >= 0.6 is 31.9 Å². The number of hydrogen-bond acceptors (Lipinski definition) is 2. The van der Waals surface area contributed by atoms with E-state index in [4.69, 9.17) is 0 Å². The minimum Gasteiger partial charge on any atom is -0.291 e. The van der Waals surface area contributed by atoms with Gasteiger partial charge in [-0.3, -0.25) is 9.98 Å². The number of benzene rings is 2. The molecule has 0 atom stereocenters. The normalized spacial score (nSPS) is 11.5. The highest BCUT2D eigenvalue weighted by Crippen LogP contribution is 2.10. The quantitative estimate of drug-likeness (QED) is 0.517. The van der Waals surface area contributed by atoms with Crippen LogP contribution in [0, 0.1) is 0 Å². The topological polar surface area (TPSA) is 24.7 Å². The summed E-state index contributed by atoms with van der Waals surface area (Å²) in [5, 5.41) is 0. The minimum absolute atomic E-state index is 0.691. The van der Waals surface area contributed by atoms with Crippen LogP contribution in [0.1, 0.15) is 11.1 Å². The summed E-state index contributed by atoms with van der Waals surface area (Å²) in [4.78, 5) is 8.73. The van der Waals surface area contributed by atoms with Crippen molar-refractivity contribution in [3.8, 4) is 0 Å². The first kappa shape index (κ1) is 15.1. The van der Waals surface area contributed by atoms with Crippen LogP contribution < -0.4 is 0 Å². The maximum Gasteiger partial charge on any atom is 0.0585 e. The molecule has 2 rings (SSSR count). The van der Waals surface area contributed by atoms with Gasteiger partial charge in [0, 0.05) is 21.4 Å². The lowest BCUT2D eigenvalue weighted by atomic mass is 10.2. The Kier molecular flexibility index (Phi) is 6.15. The Labute approximate surface area is 135 Å². The number of aliphatic imine (C=N–C) groups is 2. The van der Waals surface area contributed by atoms with Crippen molar-refractivity contribution in [1.82, 2.24) is 0 Å². The number of rotatable bonds is 5. The summed E-state index contributed by atoms with van der Waals surface area (Å²) in [6.07, 6.45) is 3.75. The molecule has 2 nitrogen and oxygen atoms in total. The Morgan fingerprint density at radius 3 is 1.60 bits per heavy atom. The van der Waals surface area contributed by atoms with E-state index < -0.39 is 0 Å². The van der Waals surface area contributed by atoms with E-state index in [0.717, 1.165) is 20.1 Å². The fourth-order valence-corrected chi connectivity index (χ4v) is 2.46. The third-order valence-corrected chi connectivity index (χ3v) is 3.52. The molecule has 2 aromatic carbocycles. The van der Waals surface area contributed by atoms with Crippen LogP contribution in [0.3, 0.4) is 0 Å². The van der Waals surface area contributed by atoms with Crippen molar-refractivity contribution < 1.29 is 0 Å². The third kappa shape index (κ3) is 5.39. The van der Waals surface area contributed by atoms with E-state index in [2.05, 4.69) is 41.8 Å². The summed E-state index contributed by atoms with van der Waals surface area (Å²) >= 11 is 6.88. The average molecular weight is 394 g/mol. The molecule has 0 amide bonds. The van der Waals surface area contributed by atoms with Gasteiger partial charge in [0.15, 0.2) is 0 Å². The van der Waals surface area contributed by atoms with Gasteiger partial charge in [-0.25, -0.2) is 0 Å². The van der Waals surface area contributed by atoms with Gasteiger partial charge in [0.2, 0.25) is 0 Å². The summed E-state index contributed by atoms with van der Waals surface area (Å²) < 4.78 is 2.13. The van der Waals surface area contributed by atoms with Gasteiger partial charge in [-0.05, 0) is 35.4 Å². The Balaban J connectivity index is 1.79. The molecule has 20 heavy (non-hydrogen) atoms. The van der Waals surface area contributed by atoms with E-state index in [1.807, 2.05) is 61.0 Å². The Morgan fingerprint density at radius 2 is 1.20 bits per heavy atom. The molecule has 0 heterocycles. The van der Waals surface area contributed by atoms with Crippen molar-refractivity contribution in [2.75, 3.05) is 13.1 Å². The molecule has 0 aliphatic heterocycles. The molecule has 2 aromatic rings. The summed E-state index contributed by atoms with van der Waals surface area (Å²) in [7, 11) is 0. The fourth-order valence-electron chi connectivity index (χ4n) is 1.63. The highest BCUT2D eigenvalue weighted by molar-refractivity contribution is 9.10. The van der Waals surface area contributed by atoms with Gasteiger partial charge < -0.3 is 0 Å². The molecule has 0 saturated heterocycles. The van der Waals surface area contributed by atoms with Crippen molar-refractivity contribution >= 4 is 44.3 Å². The van der Waals surface area contributed by atoms with Crippen LogP contribution in [0.5, 0.6) is 0 Å². The molecule has 0 saturated carbocycles. The second-order valence-corrected chi connectivity index (χ2v) is 6.01. The number of hydrogen-bond donors (Lipinski definition) is 0. The molecular formula is C16H14Br2N2. The van der Waals surface area contributed by atoms with Crippen molar-refractivity contribution in [2.45, 2.75) is 0 Å². The molecule has 102 valence electrons. The summed E-state index contributed by atoms with van der Waals surface area (Å²) in [5.41, 5.74) is 2.19. The Hall–Kier alpha value is -1.26. The third-order valence-electron chi connectivity index (χ3n) is 2.54. The van der Waals surface area contributed by atoms with Crippen LogP contribution in [0.2, 0.25) is 0 Å². The lowest BCUT2D eigenvalue weighted by Crippen LogP contribution is -1.90. The standard InChI is InChI=1S/C16H14Br2N2/c17-15-5-1-3-13(9-15)11-19-7-8-20-12-14-4-2-6-16(18)10-14/h1-6,9-12H,7-8H2. The summed E-state index contributed by atoms with van der Waals surface area (Å²) in [6.45, 7) is 1.38. The second kappa shape index (κ2) is 8.12. The first-order valence-corrected chi connectivity index (χ1v) is 7.83. The van der Waals surface area contributed by atoms with E-state index in [0.29, 0.717) is 13.1 Å². The van der Waals surface area contributed by atoms with Crippen molar-refractivity contribution in [3.05, 3.63) is 68.6 Å². The average Bonchev–Trinajstić information content (AvgIpc) is 2.43.